The molecule has 0 atom stereocenters. The highest BCUT2D eigenvalue weighted by molar-refractivity contribution is 6.02. The van der Waals surface area contributed by atoms with Crippen LogP contribution in [0.1, 0.15) is 23.3 Å². The summed E-state index contributed by atoms with van der Waals surface area (Å²) in [5.74, 6) is 0.161. The maximum absolute atomic E-state index is 12.0. The SMILES string of the molecule is O=C(Nc1c[nH]c(=O)[nH]c1=O)c1ccc(N2CCCC2)nn1. The highest BCUT2D eigenvalue weighted by Crippen LogP contribution is 2.16. The summed E-state index contributed by atoms with van der Waals surface area (Å²) in [6.07, 6.45) is 3.38. The number of H-pyrrole nitrogens is 2. The largest absolute Gasteiger partial charge is 0.355 e. The van der Waals surface area contributed by atoms with Crippen molar-refractivity contribution in [2.45, 2.75) is 12.8 Å². The number of anilines is 2. The normalized spacial score (nSPS) is 14.1. The molecule has 0 radical (unpaired) electrons. The van der Waals surface area contributed by atoms with Crippen LogP contribution >= 0.6 is 0 Å². The van der Waals surface area contributed by atoms with Gasteiger partial charge in [-0.05, 0) is 25.0 Å². The van der Waals surface area contributed by atoms with Crippen molar-refractivity contribution in [3.05, 3.63) is 44.9 Å². The monoisotopic (exact) mass is 302 g/mol. The highest BCUT2D eigenvalue weighted by Gasteiger charge is 2.16. The van der Waals surface area contributed by atoms with E-state index in [1.165, 1.54) is 0 Å². The molecule has 0 bridgehead atoms. The van der Waals surface area contributed by atoms with E-state index < -0.39 is 17.2 Å². The van der Waals surface area contributed by atoms with Crippen molar-refractivity contribution in [3.8, 4) is 0 Å². The number of hydrogen-bond acceptors (Lipinski definition) is 6. The highest BCUT2D eigenvalue weighted by atomic mass is 16.2. The zero-order chi connectivity index (χ0) is 15.5. The first-order chi connectivity index (χ1) is 10.6. The van der Waals surface area contributed by atoms with Gasteiger partial charge in [0.25, 0.3) is 11.5 Å². The maximum atomic E-state index is 12.0. The number of rotatable bonds is 3. The first-order valence-electron chi connectivity index (χ1n) is 6.85. The molecule has 22 heavy (non-hydrogen) atoms. The van der Waals surface area contributed by atoms with Crippen LogP contribution in [0.25, 0.3) is 0 Å². The van der Waals surface area contributed by atoms with Crippen LogP contribution in [0.2, 0.25) is 0 Å². The van der Waals surface area contributed by atoms with Crippen LogP contribution in [-0.2, 0) is 0 Å². The van der Waals surface area contributed by atoms with Gasteiger partial charge in [0.1, 0.15) is 5.69 Å². The molecule has 1 aliphatic heterocycles. The number of hydrogen-bond donors (Lipinski definition) is 3. The Bertz CT molecular complexity index is 788. The third-order valence-electron chi connectivity index (χ3n) is 3.38. The Hall–Kier alpha value is -2.97. The Morgan fingerprint density at radius 3 is 2.59 bits per heavy atom. The first kappa shape index (κ1) is 14.0. The summed E-state index contributed by atoms with van der Waals surface area (Å²) >= 11 is 0. The van der Waals surface area contributed by atoms with E-state index in [-0.39, 0.29) is 11.4 Å². The summed E-state index contributed by atoms with van der Waals surface area (Å²) in [5.41, 5.74) is -1.29. The standard InChI is InChI=1S/C13H14N6O3/c20-11(15-9-7-14-13(22)16-12(9)21)8-3-4-10(18-17-8)19-5-1-2-6-19/h3-4,7H,1-2,5-6H2,(H,15,20)(H2,14,16,21,22). The molecule has 1 fully saturated rings. The second kappa shape index (κ2) is 5.80. The number of carbonyl (C=O) groups is 1. The Kier molecular flexibility index (Phi) is 3.69. The van der Waals surface area contributed by atoms with Gasteiger partial charge in [-0.1, -0.05) is 0 Å². The number of amides is 1. The van der Waals surface area contributed by atoms with Crippen LogP contribution in [-0.4, -0.2) is 39.2 Å². The minimum atomic E-state index is -0.682. The van der Waals surface area contributed by atoms with Crippen LogP contribution in [0, 0.1) is 0 Å². The Labute approximate surface area is 124 Å². The summed E-state index contributed by atoms with van der Waals surface area (Å²) in [7, 11) is 0. The van der Waals surface area contributed by atoms with E-state index >= 15 is 0 Å². The van der Waals surface area contributed by atoms with Gasteiger partial charge in [0.15, 0.2) is 11.5 Å². The fraction of sp³-hybridized carbons (Fsp3) is 0.308. The first-order valence-corrected chi connectivity index (χ1v) is 6.85. The fourth-order valence-corrected chi connectivity index (χ4v) is 2.25. The topological polar surface area (TPSA) is 124 Å². The Morgan fingerprint density at radius 1 is 1.18 bits per heavy atom. The van der Waals surface area contributed by atoms with E-state index in [9.17, 15) is 14.4 Å². The van der Waals surface area contributed by atoms with E-state index in [0.717, 1.165) is 37.9 Å². The molecule has 2 aromatic heterocycles. The number of nitrogens with zero attached hydrogens (tertiary/aromatic N) is 3. The number of aromatic nitrogens is 4. The van der Waals surface area contributed by atoms with Crippen molar-refractivity contribution in [3.63, 3.8) is 0 Å². The molecule has 0 spiro atoms. The molecule has 9 nitrogen and oxygen atoms in total. The van der Waals surface area contributed by atoms with Crippen molar-refractivity contribution in [1.29, 1.82) is 0 Å². The van der Waals surface area contributed by atoms with Gasteiger partial charge < -0.3 is 15.2 Å². The van der Waals surface area contributed by atoms with Crippen molar-refractivity contribution >= 4 is 17.4 Å². The maximum Gasteiger partial charge on any atom is 0.325 e. The van der Waals surface area contributed by atoms with E-state index in [1.807, 2.05) is 4.98 Å². The lowest BCUT2D eigenvalue weighted by Gasteiger charge is -2.15. The van der Waals surface area contributed by atoms with Gasteiger partial charge in [-0.25, -0.2) is 4.79 Å². The average Bonchev–Trinajstić information content (AvgIpc) is 3.04. The molecule has 1 aliphatic rings. The van der Waals surface area contributed by atoms with E-state index in [0.29, 0.717) is 0 Å². The lowest BCUT2D eigenvalue weighted by atomic mass is 10.3. The molecule has 0 saturated carbocycles. The van der Waals surface area contributed by atoms with Crippen molar-refractivity contribution < 1.29 is 4.79 Å². The van der Waals surface area contributed by atoms with Gasteiger partial charge in [-0.15, -0.1) is 10.2 Å². The Balaban J connectivity index is 1.74. The Morgan fingerprint density at radius 2 is 1.95 bits per heavy atom. The second-order valence-electron chi connectivity index (χ2n) is 4.91. The van der Waals surface area contributed by atoms with Gasteiger partial charge in [-0.2, -0.15) is 0 Å². The summed E-state index contributed by atoms with van der Waals surface area (Å²) in [4.78, 5) is 40.8. The van der Waals surface area contributed by atoms with E-state index in [1.54, 1.807) is 12.1 Å². The minimum absolute atomic E-state index is 0.0602. The molecular weight excluding hydrogens is 288 g/mol. The third kappa shape index (κ3) is 2.87. The van der Waals surface area contributed by atoms with Crippen molar-refractivity contribution in [2.24, 2.45) is 0 Å². The van der Waals surface area contributed by atoms with Gasteiger partial charge in [0.2, 0.25) is 0 Å². The molecule has 2 aromatic rings. The summed E-state index contributed by atoms with van der Waals surface area (Å²) in [5, 5.41) is 10.3. The zero-order valence-electron chi connectivity index (χ0n) is 11.6. The fourth-order valence-electron chi connectivity index (χ4n) is 2.25. The zero-order valence-corrected chi connectivity index (χ0v) is 11.6. The van der Waals surface area contributed by atoms with Crippen LogP contribution in [0.3, 0.4) is 0 Å². The van der Waals surface area contributed by atoms with Crippen LogP contribution in [0.15, 0.2) is 27.9 Å². The van der Waals surface area contributed by atoms with E-state index in [2.05, 4.69) is 25.4 Å². The second-order valence-corrected chi connectivity index (χ2v) is 4.91. The van der Waals surface area contributed by atoms with Crippen LogP contribution < -0.4 is 21.5 Å². The minimum Gasteiger partial charge on any atom is -0.355 e. The lowest BCUT2D eigenvalue weighted by Crippen LogP contribution is -2.27. The number of nitrogens with one attached hydrogen (secondary N) is 3. The number of carbonyl (C=O) groups excluding carboxylic acids is 1. The molecule has 3 rings (SSSR count). The van der Waals surface area contributed by atoms with Crippen molar-refractivity contribution in [1.82, 2.24) is 20.2 Å². The van der Waals surface area contributed by atoms with E-state index in [4.69, 9.17) is 0 Å². The molecule has 1 saturated heterocycles. The molecule has 3 N–H and O–H groups in total. The summed E-state index contributed by atoms with van der Waals surface area (Å²) in [6.45, 7) is 1.87. The number of aromatic amines is 2. The predicted octanol–water partition coefficient (Wildman–Crippen LogP) is -0.294. The summed E-state index contributed by atoms with van der Waals surface area (Å²) in [6, 6.07) is 3.28. The molecule has 3 heterocycles. The summed E-state index contributed by atoms with van der Waals surface area (Å²) < 4.78 is 0. The van der Waals surface area contributed by atoms with Crippen LogP contribution in [0.4, 0.5) is 11.5 Å². The van der Waals surface area contributed by atoms with Gasteiger partial charge in [0, 0.05) is 19.3 Å². The smallest absolute Gasteiger partial charge is 0.325 e. The molecule has 0 aromatic carbocycles. The molecule has 9 heteroatoms. The van der Waals surface area contributed by atoms with Gasteiger partial charge in [-0.3, -0.25) is 14.6 Å². The predicted molar refractivity (Wildman–Crippen MR) is 79.1 cm³/mol. The quantitative estimate of drug-likeness (QED) is 0.715. The van der Waals surface area contributed by atoms with Crippen LogP contribution in [0.5, 0.6) is 0 Å². The molecular formula is C13H14N6O3. The molecule has 114 valence electrons. The average molecular weight is 302 g/mol. The third-order valence-corrected chi connectivity index (χ3v) is 3.38. The molecule has 0 unspecified atom stereocenters. The van der Waals surface area contributed by atoms with Gasteiger partial charge in [0.05, 0.1) is 0 Å². The van der Waals surface area contributed by atoms with Gasteiger partial charge >= 0.3 is 5.69 Å². The molecule has 1 amide bonds. The lowest BCUT2D eigenvalue weighted by molar-refractivity contribution is 0.102. The van der Waals surface area contributed by atoms with Crippen molar-refractivity contribution in [2.75, 3.05) is 23.3 Å². The molecule has 0 aliphatic carbocycles.